The Hall–Kier alpha value is -2.24. The molecule has 0 spiro atoms. The molecule has 1 aliphatic rings. The van der Waals surface area contributed by atoms with Crippen LogP contribution in [0.15, 0.2) is 59.6 Å². The number of anilines is 1. The number of rotatable bonds is 3. The summed E-state index contributed by atoms with van der Waals surface area (Å²) in [4.78, 5) is 0.272. The van der Waals surface area contributed by atoms with E-state index in [9.17, 15) is 8.42 Å². The third-order valence-corrected chi connectivity index (χ3v) is 7.01. The minimum absolute atomic E-state index is 0.272. The Bertz CT molecular complexity index is 1090. The van der Waals surface area contributed by atoms with Crippen LogP contribution in [0.25, 0.3) is 11.3 Å². The quantitative estimate of drug-likeness (QED) is 0.665. The number of aromatic nitrogens is 1. The Morgan fingerprint density at radius 1 is 1.12 bits per heavy atom. The first-order valence-corrected chi connectivity index (χ1v) is 10.2. The molecule has 4 rings (SSSR count). The van der Waals surface area contributed by atoms with Gasteiger partial charge < -0.3 is 4.57 Å². The molecule has 0 atom stereocenters. The molecule has 0 unspecified atom stereocenters. The zero-order valence-electron chi connectivity index (χ0n) is 14.6. The van der Waals surface area contributed by atoms with Crippen LogP contribution < -0.4 is 4.31 Å². The van der Waals surface area contributed by atoms with Crippen LogP contribution in [0.1, 0.15) is 11.1 Å². The van der Waals surface area contributed by atoms with Gasteiger partial charge in [-0.3, -0.25) is 4.31 Å². The molecule has 1 aromatic heterocycles. The van der Waals surface area contributed by atoms with Gasteiger partial charge in [-0.05, 0) is 55.3 Å². The lowest BCUT2D eigenvalue weighted by Gasteiger charge is -2.25. The van der Waals surface area contributed by atoms with Crippen LogP contribution in [-0.4, -0.2) is 20.0 Å². The average molecular weight is 387 g/mol. The predicted octanol–water partition coefficient (Wildman–Crippen LogP) is 4.50. The first-order chi connectivity index (χ1) is 12.4. The fourth-order valence-electron chi connectivity index (χ4n) is 3.40. The summed E-state index contributed by atoms with van der Waals surface area (Å²) >= 11 is 6.56. The molecule has 3 aromatic rings. The van der Waals surface area contributed by atoms with Crippen molar-refractivity contribution in [2.75, 3.05) is 11.4 Å². The number of halogens is 1. The van der Waals surface area contributed by atoms with Gasteiger partial charge in [0.05, 0.1) is 15.6 Å². The standard InChI is InChI=1S/C20H19ClN2O2S/c1-14-5-7-17(8-6-14)26(24,25)22(2)16-12-15-9-11-23-10-3-4-19(23)20(15)18(21)13-16/h3-8,10,12-13H,9,11H2,1-2H3. The van der Waals surface area contributed by atoms with Crippen LogP contribution in [0, 0.1) is 6.92 Å². The normalized spacial score (nSPS) is 13.2. The SMILES string of the molecule is Cc1ccc(S(=O)(=O)N(C)c2cc(Cl)c3c(c2)CCn2cccc2-3)cc1. The van der Waals surface area contributed by atoms with Crippen molar-refractivity contribution in [3.05, 3.63) is 70.9 Å². The second-order valence-electron chi connectivity index (χ2n) is 6.58. The molecule has 26 heavy (non-hydrogen) atoms. The molecule has 1 aliphatic heterocycles. The molecule has 0 amide bonds. The Kier molecular flexibility index (Phi) is 4.09. The summed E-state index contributed by atoms with van der Waals surface area (Å²) in [6.07, 6.45) is 2.86. The van der Waals surface area contributed by atoms with Crippen molar-refractivity contribution in [1.29, 1.82) is 0 Å². The van der Waals surface area contributed by atoms with Gasteiger partial charge in [0.15, 0.2) is 0 Å². The van der Waals surface area contributed by atoms with Crippen LogP contribution in [0.4, 0.5) is 5.69 Å². The zero-order valence-corrected chi connectivity index (χ0v) is 16.2. The molecule has 134 valence electrons. The lowest BCUT2D eigenvalue weighted by molar-refractivity contribution is 0.594. The Labute approximate surface area is 158 Å². The highest BCUT2D eigenvalue weighted by Crippen LogP contribution is 2.39. The van der Waals surface area contributed by atoms with Gasteiger partial charge in [0.25, 0.3) is 10.0 Å². The van der Waals surface area contributed by atoms with E-state index in [4.69, 9.17) is 11.6 Å². The third-order valence-electron chi connectivity index (χ3n) is 4.91. The maximum Gasteiger partial charge on any atom is 0.264 e. The predicted molar refractivity (Wildman–Crippen MR) is 105 cm³/mol. The summed E-state index contributed by atoms with van der Waals surface area (Å²) in [5.41, 5.74) is 4.74. The van der Waals surface area contributed by atoms with E-state index in [0.29, 0.717) is 10.7 Å². The summed E-state index contributed by atoms with van der Waals surface area (Å²) in [7, 11) is -2.06. The summed E-state index contributed by atoms with van der Waals surface area (Å²) in [5.74, 6) is 0. The van der Waals surface area contributed by atoms with E-state index in [1.54, 1.807) is 37.4 Å². The summed E-state index contributed by atoms with van der Waals surface area (Å²) in [5, 5.41) is 0.572. The maximum atomic E-state index is 13.0. The van der Waals surface area contributed by atoms with Crippen molar-refractivity contribution in [2.45, 2.75) is 24.8 Å². The highest BCUT2D eigenvalue weighted by molar-refractivity contribution is 7.92. The average Bonchev–Trinajstić information content (AvgIpc) is 3.09. The number of benzene rings is 2. The van der Waals surface area contributed by atoms with E-state index in [1.165, 1.54) is 4.31 Å². The molecule has 0 bridgehead atoms. The molecule has 2 aromatic carbocycles. The smallest absolute Gasteiger partial charge is 0.264 e. The van der Waals surface area contributed by atoms with Crippen LogP contribution in [0.2, 0.25) is 5.02 Å². The Morgan fingerprint density at radius 2 is 1.85 bits per heavy atom. The highest BCUT2D eigenvalue weighted by Gasteiger charge is 2.25. The first-order valence-electron chi connectivity index (χ1n) is 8.41. The molecule has 4 nitrogen and oxygen atoms in total. The van der Waals surface area contributed by atoms with Crippen LogP contribution in [0.3, 0.4) is 0 Å². The van der Waals surface area contributed by atoms with Crippen molar-refractivity contribution in [3.63, 3.8) is 0 Å². The number of sulfonamides is 1. The number of aryl methyl sites for hydroxylation is 3. The minimum atomic E-state index is -3.63. The van der Waals surface area contributed by atoms with Gasteiger partial charge in [0, 0.05) is 31.0 Å². The lowest BCUT2D eigenvalue weighted by Crippen LogP contribution is -2.27. The topological polar surface area (TPSA) is 42.3 Å². The van der Waals surface area contributed by atoms with Crippen molar-refractivity contribution < 1.29 is 8.42 Å². The van der Waals surface area contributed by atoms with Crippen LogP contribution in [0.5, 0.6) is 0 Å². The van der Waals surface area contributed by atoms with Gasteiger partial charge in [-0.2, -0.15) is 0 Å². The van der Waals surface area contributed by atoms with Crippen LogP contribution in [-0.2, 0) is 23.0 Å². The summed E-state index contributed by atoms with van der Waals surface area (Å²) in [6, 6.07) is 14.6. The Balaban J connectivity index is 1.77. The molecule has 0 saturated heterocycles. The zero-order chi connectivity index (χ0) is 18.5. The van der Waals surface area contributed by atoms with E-state index in [2.05, 4.69) is 4.57 Å². The van der Waals surface area contributed by atoms with E-state index >= 15 is 0 Å². The second-order valence-corrected chi connectivity index (χ2v) is 8.96. The second kappa shape index (κ2) is 6.18. The number of fused-ring (bicyclic) bond motifs is 3. The van der Waals surface area contributed by atoms with Gasteiger partial charge in [0.2, 0.25) is 0 Å². The number of hydrogen-bond donors (Lipinski definition) is 0. The van der Waals surface area contributed by atoms with Crippen molar-refractivity contribution in [1.82, 2.24) is 4.57 Å². The highest BCUT2D eigenvalue weighted by atomic mass is 35.5. The van der Waals surface area contributed by atoms with E-state index in [1.807, 2.05) is 31.3 Å². The fraction of sp³-hybridized carbons (Fsp3) is 0.200. The lowest BCUT2D eigenvalue weighted by atomic mass is 9.98. The number of nitrogens with zero attached hydrogens (tertiary/aromatic N) is 2. The molecule has 0 saturated carbocycles. The van der Waals surface area contributed by atoms with Crippen molar-refractivity contribution in [3.8, 4) is 11.3 Å². The summed E-state index contributed by atoms with van der Waals surface area (Å²) < 4.78 is 29.4. The largest absolute Gasteiger partial charge is 0.347 e. The van der Waals surface area contributed by atoms with Gasteiger partial charge in [0.1, 0.15) is 0 Å². The molecule has 0 aliphatic carbocycles. The first kappa shape index (κ1) is 17.2. The molecule has 0 N–H and O–H groups in total. The van der Waals surface area contributed by atoms with Crippen molar-refractivity contribution >= 4 is 27.3 Å². The van der Waals surface area contributed by atoms with E-state index < -0.39 is 10.0 Å². The molecular formula is C20H19ClN2O2S. The van der Waals surface area contributed by atoms with Crippen molar-refractivity contribution in [2.24, 2.45) is 0 Å². The minimum Gasteiger partial charge on any atom is -0.347 e. The molecular weight excluding hydrogens is 368 g/mol. The van der Waals surface area contributed by atoms with Gasteiger partial charge in [-0.25, -0.2) is 8.42 Å². The van der Waals surface area contributed by atoms with Crippen LogP contribution >= 0.6 is 11.6 Å². The Morgan fingerprint density at radius 3 is 2.58 bits per heavy atom. The molecule has 0 radical (unpaired) electrons. The monoisotopic (exact) mass is 386 g/mol. The molecule has 0 fully saturated rings. The summed E-state index contributed by atoms with van der Waals surface area (Å²) in [6.45, 7) is 2.79. The third kappa shape index (κ3) is 2.72. The molecule has 2 heterocycles. The number of hydrogen-bond acceptors (Lipinski definition) is 2. The van der Waals surface area contributed by atoms with Gasteiger partial charge in [-0.1, -0.05) is 29.3 Å². The fourth-order valence-corrected chi connectivity index (χ4v) is 4.91. The maximum absolute atomic E-state index is 13.0. The van der Waals surface area contributed by atoms with E-state index in [-0.39, 0.29) is 4.90 Å². The molecule has 6 heteroatoms. The van der Waals surface area contributed by atoms with Gasteiger partial charge >= 0.3 is 0 Å². The van der Waals surface area contributed by atoms with E-state index in [0.717, 1.165) is 35.3 Å². The van der Waals surface area contributed by atoms with Gasteiger partial charge in [-0.15, -0.1) is 0 Å².